The second-order valence-electron chi connectivity index (χ2n) is 4.10. The van der Waals surface area contributed by atoms with Crippen LogP contribution in [0.15, 0.2) is 18.2 Å². The van der Waals surface area contributed by atoms with Gasteiger partial charge in [-0.3, -0.25) is 0 Å². The minimum absolute atomic E-state index is 0.232. The van der Waals surface area contributed by atoms with Crippen LogP contribution < -0.4 is 11.1 Å². The first-order valence-electron chi connectivity index (χ1n) is 5.09. The van der Waals surface area contributed by atoms with Crippen LogP contribution in [-0.2, 0) is 0 Å². The molecule has 1 saturated carbocycles. The zero-order valence-electron chi connectivity index (χ0n) is 8.34. The molecule has 0 amide bonds. The summed E-state index contributed by atoms with van der Waals surface area (Å²) in [7, 11) is 0. The number of halogens is 2. The van der Waals surface area contributed by atoms with Crippen molar-refractivity contribution in [3.05, 3.63) is 29.8 Å². The number of rotatable bonds is 3. The van der Waals surface area contributed by atoms with Gasteiger partial charge >= 0.3 is 0 Å². The van der Waals surface area contributed by atoms with Crippen molar-refractivity contribution < 1.29 is 8.78 Å². The molecule has 1 aromatic carbocycles. The van der Waals surface area contributed by atoms with Gasteiger partial charge in [0.2, 0.25) is 0 Å². The molecule has 0 atom stereocenters. The van der Waals surface area contributed by atoms with Gasteiger partial charge in [-0.05, 0) is 37.0 Å². The molecule has 0 unspecified atom stereocenters. The quantitative estimate of drug-likeness (QED) is 0.805. The van der Waals surface area contributed by atoms with Gasteiger partial charge in [-0.15, -0.1) is 0 Å². The second-order valence-corrected chi connectivity index (χ2v) is 4.10. The third-order valence-electron chi connectivity index (χ3n) is 2.78. The predicted molar refractivity (Wildman–Crippen MR) is 55.5 cm³/mol. The molecule has 0 saturated heterocycles. The van der Waals surface area contributed by atoms with Crippen LogP contribution >= 0.6 is 0 Å². The average Bonchev–Trinajstić information content (AvgIpc) is 2.16. The molecule has 0 heterocycles. The molecule has 82 valence electrons. The summed E-state index contributed by atoms with van der Waals surface area (Å²) in [6.45, 7) is 0.661. The lowest BCUT2D eigenvalue weighted by Crippen LogP contribution is -2.39. The number of anilines is 1. The number of hydrogen-bond donors (Lipinski definition) is 2. The van der Waals surface area contributed by atoms with E-state index in [0.717, 1.165) is 25.0 Å². The van der Waals surface area contributed by atoms with Gasteiger partial charge < -0.3 is 11.1 Å². The Morgan fingerprint density at radius 3 is 2.73 bits per heavy atom. The summed E-state index contributed by atoms with van der Waals surface area (Å²) in [6.07, 6.45) is 1.92. The molecule has 0 aliphatic heterocycles. The smallest absolute Gasteiger partial charge is 0.146 e. The van der Waals surface area contributed by atoms with E-state index in [4.69, 9.17) is 5.73 Å². The zero-order valence-corrected chi connectivity index (χ0v) is 8.34. The van der Waals surface area contributed by atoms with Crippen LogP contribution in [-0.4, -0.2) is 12.6 Å². The van der Waals surface area contributed by atoms with Crippen LogP contribution in [0, 0.1) is 17.6 Å². The van der Waals surface area contributed by atoms with E-state index < -0.39 is 11.6 Å². The summed E-state index contributed by atoms with van der Waals surface area (Å²) in [5, 5.41) is 2.91. The molecule has 1 fully saturated rings. The van der Waals surface area contributed by atoms with E-state index in [9.17, 15) is 8.78 Å². The summed E-state index contributed by atoms with van der Waals surface area (Å²) in [5.74, 6) is -0.355. The summed E-state index contributed by atoms with van der Waals surface area (Å²) < 4.78 is 26.0. The monoisotopic (exact) mass is 212 g/mol. The lowest BCUT2D eigenvalue weighted by atomic mass is 9.81. The fourth-order valence-electron chi connectivity index (χ4n) is 1.84. The molecule has 2 rings (SSSR count). The van der Waals surface area contributed by atoms with Crippen LogP contribution in [0.25, 0.3) is 0 Å². The summed E-state index contributed by atoms with van der Waals surface area (Å²) >= 11 is 0. The SMILES string of the molecule is NC1CC(CNc2cc(F)ccc2F)C1. The molecule has 1 aromatic rings. The minimum Gasteiger partial charge on any atom is -0.382 e. The highest BCUT2D eigenvalue weighted by Gasteiger charge is 2.25. The zero-order chi connectivity index (χ0) is 10.8. The van der Waals surface area contributed by atoms with Gasteiger partial charge in [-0.2, -0.15) is 0 Å². The molecule has 15 heavy (non-hydrogen) atoms. The Balaban J connectivity index is 1.90. The molecule has 0 aromatic heterocycles. The number of hydrogen-bond acceptors (Lipinski definition) is 2. The largest absolute Gasteiger partial charge is 0.382 e. The summed E-state index contributed by atoms with van der Waals surface area (Å²) in [5.41, 5.74) is 5.86. The summed E-state index contributed by atoms with van der Waals surface area (Å²) in [4.78, 5) is 0. The number of benzene rings is 1. The maximum atomic E-state index is 13.2. The van der Waals surface area contributed by atoms with Crippen molar-refractivity contribution in [2.75, 3.05) is 11.9 Å². The molecule has 1 aliphatic rings. The van der Waals surface area contributed by atoms with Gasteiger partial charge in [0.05, 0.1) is 5.69 Å². The van der Waals surface area contributed by atoms with Crippen molar-refractivity contribution in [2.45, 2.75) is 18.9 Å². The number of nitrogens with two attached hydrogens (primary N) is 1. The summed E-state index contributed by atoms with van der Waals surface area (Å²) in [6, 6.07) is 3.70. The van der Waals surface area contributed by atoms with Gasteiger partial charge in [-0.1, -0.05) is 0 Å². The van der Waals surface area contributed by atoms with E-state index in [2.05, 4.69) is 5.32 Å². The Kier molecular flexibility index (Phi) is 2.86. The third kappa shape index (κ3) is 2.45. The predicted octanol–water partition coefficient (Wildman–Crippen LogP) is 2.11. The molecular weight excluding hydrogens is 198 g/mol. The normalized spacial score (nSPS) is 24.7. The van der Waals surface area contributed by atoms with Crippen LogP contribution in [0.3, 0.4) is 0 Å². The molecule has 0 spiro atoms. The molecular formula is C11H14F2N2. The van der Waals surface area contributed by atoms with E-state index >= 15 is 0 Å². The Labute approximate surface area is 87.5 Å². The van der Waals surface area contributed by atoms with Gasteiger partial charge in [0.25, 0.3) is 0 Å². The lowest BCUT2D eigenvalue weighted by molar-refractivity contribution is 0.280. The molecule has 0 radical (unpaired) electrons. The number of nitrogens with one attached hydrogen (secondary N) is 1. The van der Waals surface area contributed by atoms with E-state index in [-0.39, 0.29) is 11.7 Å². The van der Waals surface area contributed by atoms with Gasteiger partial charge in [-0.25, -0.2) is 8.78 Å². The van der Waals surface area contributed by atoms with E-state index in [0.29, 0.717) is 12.5 Å². The van der Waals surface area contributed by atoms with Crippen LogP contribution in [0.2, 0.25) is 0 Å². The highest BCUT2D eigenvalue weighted by atomic mass is 19.1. The van der Waals surface area contributed by atoms with E-state index in [1.54, 1.807) is 0 Å². The van der Waals surface area contributed by atoms with E-state index in [1.165, 1.54) is 6.07 Å². The third-order valence-corrected chi connectivity index (χ3v) is 2.78. The Bertz CT molecular complexity index is 348. The standard InChI is InChI=1S/C11H14F2N2/c12-8-1-2-10(13)11(5-8)15-6-7-3-9(14)4-7/h1-2,5,7,9,15H,3-4,6,14H2. The first-order valence-corrected chi connectivity index (χ1v) is 5.09. The van der Waals surface area contributed by atoms with Crippen molar-refractivity contribution >= 4 is 5.69 Å². The van der Waals surface area contributed by atoms with Crippen molar-refractivity contribution in [1.82, 2.24) is 0 Å². The van der Waals surface area contributed by atoms with Gasteiger partial charge in [0.1, 0.15) is 11.6 Å². The molecule has 1 aliphatic carbocycles. The highest BCUT2D eigenvalue weighted by molar-refractivity contribution is 5.44. The van der Waals surface area contributed by atoms with Crippen molar-refractivity contribution in [1.29, 1.82) is 0 Å². The fraction of sp³-hybridized carbons (Fsp3) is 0.455. The van der Waals surface area contributed by atoms with E-state index in [1.807, 2.05) is 0 Å². The van der Waals surface area contributed by atoms with Gasteiger partial charge in [0.15, 0.2) is 0 Å². The molecule has 2 nitrogen and oxygen atoms in total. The minimum atomic E-state index is -0.427. The fourth-order valence-corrected chi connectivity index (χ4v) is 1.84. The van der Waals surface area contributed by atoms with Crippen molar-refractivity contribution in [3.8, 4) is 0 Å². The van der Waals surface area contributed by atoms with Crippen molar-refractivity contribution in [3.63, 3.8) is 0 Å². The molecule has 0 bridgehead atoms. The first kappa shape index (κ1) is 10.4. The van der Waals surface area contributed by atoms with Gasteiger partial charge in [0, 0.05) is 12.6 Å². The maximum absolute atomic E-state index is 13.2. The molecule has 4 heteroatoms. The van der Waals surface area contributed by atoms with Crippen LogP contribution in [0.5, 0.6) is 0 Å². The second kappa shape index (κ2) is 4.14. The Hall–Kier alpha value is -1.16. The average molecular weight is 212 g/mol. The van der Waals surface area contributed by atoms with Crippen molar-refractivity contribution in [2.24, 2.45) is 11.7 Å². The topological polar surface area (TPSA) is 38.0 Å². The first-order chi connectivity index (χ1) is 7.15. The highest BCUT2D eigenvalue weighted by Crippen LogP contribution is 2.26. The Morgan fingerprint density at radius 1 is 1.33 bits per heavy atom. The molecule has 3 N–H and O–H groups in total. The lowest BCUT2D eigenvalue weighted by Gasteiger charge is -2.32. The van der Waals surface area contributed by atoms with Crippen LogP contribution in [0.4, 0.5) is 14.5 Å². The Morgan fingerprint density at radius 2 is 2.07 bits per heavy atom. The maximum Gasteiger partial charge on any atom is 0.146 e. The van der Waals surface area contributed by atoms with Crippen LogP contribution in [0.1, 0.15) is 12.8 Å².